The van der Waals surface area contributed by atoms with E-state index in [1.54, 1.807) is 6.07 Å². The Morgan fingerprint density at radius 3 is 2.57 bits per heavy atom. The summed E-state index contributed by atoms with van der Waals surface area (Å²) < 4.78 is 18.4. The van der Waals surface area contributed by atoms with Crippen molar-refractivity contribution < 1.29 is 13.9 Å². The van der Waals surface area contributed by atoms with Crippen molar-refractivity contribution in [3.05, 3.63) is 35.1 Å². The molecule has 3 nitrogen and oxygen atoms in total. The largest absolute Gasteiger partial charge is 0.468 e. The highest BCUT2D eigenvalue weighted by Gasteiger charge is 2.26. The van der Waals surface area contributed by atoms with E-state index < -0.39 is 6.04 Å². The maximum Gasteiger partial charge on any atom is 0.327 e. The molecule has 0 spiro atoms. The van der Waals surface area contributed by atoms with Crippen LogP contribution in [0.1, 0.15) is 55.7 Å². The van der Waals surface area contributed by atoms with Crippen LogP contribution in [0.4, 0.5) is 4.39 Å². The number of nitrogens with one attached hydrogen (secondary N) is 1. The van der Waals surface area contributed by atoms with E-state index in [1.165, 1.54) is 44.9 Å². The molecule has 0 bridgehead atoms. The summed E-state index contributed by atoms with van der Waals surface area (Å²) in [6.07, 6.45) is 6.96. The molecule has 1 N–H and O–H groups in total. The Morgan fingerprint density at radius 1 is 1.29 bits per heavy atom. The second-order valence-electron chi connectivity index (χ2n) is 5.81. The Morgan fingerprint density at radius 2 is 1.95 bits per heavy atom. The first-order valence-corrected chi connectivity index (χ1v) is 7.71. The minimum absolute atomic E-state index is 0.291. The first-order chi connectivity index (χ1) is 10.1. The first kappa shape index (κ1) is 16.0. The maximum atomic E-state index is 13.5. The molecule has 1 saturated carbocycles. The number of methoxy groups -OCH3 is 1. The fourth-order valence-electron chi connectivity index (χ4n) is 3.01. The summed E-state index contributed by atoms with van der Waals surface area (Å²) in [5.74, 6) is -0.680. The molecule has 1 aromatic carbocycles. The highest BCUT2D eigenvalue weighted by molar-refractivity contribution is 5.78. The number of hydrogen-bond acceptors (Lipinski definition) is 3. The SMILES string of the molecule is COC(=O)C(NC1CCCCCC1)c1cc(F)ccc1C. The fraction of sp³-hybridized carbons (Fsp3) is 0.588. The van der Waals surface area contributed by atoms with Gasteiger partial charge in [-0.25, -0.2) is 9.18 Å². The van der Waals surface area contributed by atoms with E-state index in [2.05, 4.69) is 5.32 Å². The van der Waals surface area contributed by atoms with Crippen molar-refractivity contribution in [2.45, 2.75) is 57.5 Å². The summed E-state index contributed by atoms with van der Waals surface area (Å²) in [4.78, 5) is 12.1. The van der Waals surface area contributed by atoms with Crippen molar-refractivity contribution >= 4 is 5.97 Å². The lowest BCUT2D eigenvalue weighted by Gasteiger charge is -2.24. The van der Waals surface area contributed by atoms with Crippen LogP contribution in [0.3, 0.4) is 0 Å². The molecule has 1 atom stereocenters. The molecule has 2 rings (SSSR count). The van der Waals surface area contributed by atoms with Crippen molar-refractivity contribution in [2.75, 3.05) is 7.11 Å². The van der Waals surface area contributed by atoms with E-state index in [0.717, 1.165) is 18.4 Å². The molecule has 0 aliphatic heterocycles. The van der Waals surface area contributed by atoms with E-state index in [9.17, 15) is 9.18 Å². The van der Waals surface area contributed by atoms with Crippen LogP contribution in [0, 0.1) is 12.7 Å². The number of benzene rings is 1. The van der Waals surface area contributed by atoms with Gasteiger partial charge in [0.1, 0.15) is 11.9 Å². The molecular formula is C17H24FNO2. The predicted octanol–water partition coefficient (Wildman–Crippen LogP) is 3.66. The van der Waals surface area contributed by atoms with Gasteiger partial charge in [-0.3, -0.25) is 5.32 Å². The van der Waals surface area contributed by atoms with E-state index >= 15 is 0 Å². The topological polar surface area (TPSA) is 38.3 Å². The van der Waals surface area contributed by atoms with Gasteiger partial charge >= 0.3 is 5.97 Å². The second-order valence-corrected chi connectivity index (χ2v) is 5.81. The number of aryl methyl sites for hydroxylation is 1. The van der Waals surface area contributed by atoms with Crippen molar-refractivity contribution in [1.29, 1.82) is 0 Å². The predicted molar refractivity (Wildman–Crippen MR) is 80.5 cm³/mol. The van der Waals surface area contributed by atoms with E-state index in [4.69, 9.17) is 4.74 Å². The summed E-state index contributed by atoms with van der Waals surface area (Å²) >= 11 is 0. The molecule has 0 aromatic heterocycles. The van der Waals surface area contributed by atoms with Crippen LogP contribution in [-0.2, 0) is 9.53 Å². The standard InChI is InChI=1S/C17H24FNO2/c1-12-9-10-13(18)11-15(12)16(17(20)21-2)19-14-7-5-3-4-6-8-14/h9-11,14,16,19H,3-8H2,1-2H3. The molecule has 0 amide bonds. The average molecular weight is 293 g/mol. The van der Waals surface area contributed by atoms with Crippen molar-refractivity contribution in [3.8, 4) is 0 Å². The monoisotopic (exact) mass is 293 g/mol. The van der Waals surface area contributed by atoms with Gasteiger partial charge in [-0.1, -0.05) is 31.7 Å². The molecule has 4 heteroatoms. The van der Waals surface area contributed by atoms with Gasteiger partial charge < -0.3 is 4.74 Å². The summed E-state index contributed by atoms with van der Waals surface area (Å²) in [6, 6.07) is 4.25. The summed E-state index contributed by atoms with van der Waals surface area (Å²) in [7, 11) is 1.37. The van der Waals surface area contributed by atoms with E-state index in [-0.39, 0.29) is 11.8 Å². The lowest BCUT2D eigenvalue weighted by atomic mass is 9.98. The van der Waals surface area contributed by atoms with Crippen LogP contribution in [0.15, 0.2) is 18.2 Å². The molecule has 21 heavy (non-hydrogen) atoms. The van der Waals surface area contributed by atoms with Gasteiger partial charge in [-0.15, -0.1) is 0 Å². The average Bonchev–Trinajstić information content (AvgIpc) is 2.75. The minimum atomic E-state index is -0.589. The number of esters is 1. The summed E-state index contributed by atoms with van der Waals surface area (Å²) in [6.45, 7) is 1.89. The van der Waals surface area contributed by atoms with Crippen molar-refractivity contribution in [1.82, 2.24) is 5.32 Å². The quantitative estimate of drug-likeness (QED) is 0.680. The highest BCUT2D eigenvalue weighted by atomic mass is 19.1. The third kappa shape index (κ3) is 4.27. The van der Waals surface area contributed by atoms with Crippen LogP contribution in [0.25, 0.3) is 0 Å². The van der Waals surface area contributed by atoms with Crippen LogP contribution < -0.4 is 5.32 Å². The molecule has 0 radical (unpaired) electrons. The Labute approximate surface area is 125 Å². The molecule has 0 saturated heterocycles. The Kier molecular flexibility index (Phi) is 5.74. The Balaban J connectivity index is 2.21. The van der Waals surface area contributed by atoms with Gasteiger partial charge in [0.15, 0.2) is 0 Å². The van der Waals surface area contributed by atoms with Gasteiger partial charge in [-0.05, 0) is 43.0 Å². The van der Waals surface area contributed by atoms with Gasteiger partial charge in [0.2, 0.25) is 0 Å². The third-order valence-corrected chi connectivity index (χ3v) is 4.25. The zero-order valence-corrected chi connectivity index (χ0v) is 12.8. The van der Waals surface area contributed by atoms with E-state index in [0.29, 0.717) is 11.6 Å². The number of halogens is 1. The first-order valence-electron chi connectivity index (χ1n) is 7.71. The van der Waals surface area contributed by atoms with Crippen LogP contribution in [0.5, 0.6) is 0 Å². The fourth-order valence-corrected chi connectivity index (χ4v) is 3.01. The zero-order chi connectivity index (χ0) is 15.2. The Bertz CT molecular complexity index is 482. The third-order valence-electron chi connectivity index (χ3n) is 4.25. The molecular weight excluding hydrogens is 269 g/mol. The number of carbonyl (C=O) groups excluding carboxylic acids is 1. The number of ether oxygens (including phenoxy) is 1. The van der Waals surface area contributed by atoms with Crippen LogP contribution >= 0.6 is 0 Å². The molecule has 1 fully saturated rings. The maximum absolute atomic E-state index is 13.5. The van der Waals surface area contributed by atoms with Crippen molar-refractivity contribution in [2.24, 2.45) is 0 Å². The highest BCUT2D eigenvalue weighted by Crippen LogP contribution is 2.24. The second kappa shape index (κ2) is 7.55. The van der Waals surface area contributed by atoms with Crippen LogP contribution in [0.2, 0.25) is 0 Å². The lowest BCUT2D eigenvalue weighted by molar-refractivity contribution is -0.143. The van der Waals surface area contributed by atoms with Crippen LogP contribution in [-0.4, -0.2) is 19.1 Å². The van der Waals surface area contributed by atoms with Gasteiger partial charge in [0, 0.05) is 6.04 Å². The Hall–Kier alpha value is -1.42. The van der Waals surface area contributed by atoms with E-state index in [1.807, 2.05) is 6.92 Å². The normalized spacial score (nSPS) is 18.0. The zero-order valence-electron chi connectivity index (χ0n) is 12.8. The number of hydrogen-bond donors (Lipinski definition) is 1. The molecule has 0 heterocycles. The van der Waals surface area contributed by atoms with Crippen molar-refractivity contribution in [3.63, 3.8) is 0 Å². The molecule has 1 unspecified atom stereocenters. The molecule has 116 valence electrons. The van der Waals surface area contributed by atoms with Gasteiger partial charge in [0.05, 0.1) is 7.11 Å². The number of rotatable bonds is 4. The van der Waals surface area contributed by atoms with Gasteiger partial charge in [0.25, 0.3) is 0 Å². The van der Waals surface area contributed by atoms with Gasteiger partial charge in [-0.2, -0.15) is 0 Å². The number of carbonyl (C=O) groups is 1. The molecule has 1 aliphatic rings. The molecule has 1 aliphatic carbocycles. The minimum Gasteiger partial charge on any atom is -0.468 e. The molecule has 1 aromatic rings. The summed E-state index contributed by atoms with van der Waals surface area (Å²) in [5, 5.41) is 3.39. The smallest absolute Gasteiger partial charge is 0.327 e. The summed E-state index contributed by atoms with van der Waals surface area (Å²) in [5.41, 5.74) is 1.57. The lowest BCUT2D eigenvalue weighted by Crippen LogP contribution is -2.37.